The minimum absolute atomic E-state index is 0.0779. The van der Waals surface area contributed by atoms with E-state index in [0.717, 1.165) is 17.1 Å². The standard InChI is InChI=1S/C12H12FN3O2S3/c13-10-2-1-8(7-9(10)12(14)19)21(17,18)16-4-3-11-15-5-6-20-11/h1-2,5-7,16H,3-4H2,(H2,14,19). The van der Waals surface area contributed by atoms with Crippen LogP contribution in [0.4, 0.5) is 4.39 Å². The Balaban J connectivity index is 2.12. The van der Waals surface area contributed by atoms with Crippen molar-refractivity contribution in [1.29, 1.82) is 0 Å². The van der Waals surface area contributed by atoms with Crippen LogP contribution in [0.2, 0.25) is 0 Å². The Morgan fingerprint density at radius 3 is 2.86 bits per heavy atom. The fourth-order valence-electron chi connectivity index (χ4n) is 1.61. The molecule has 0 aliphatic heterocycles. The van der Waals surface area contributed by atoms with Crippen LogP contribution >= 0.6 is 23.6 Å². The molecule has 0 unspecified atom stereocenters. The predicted octanol–water partition coefficient (Wildman–Crippen LogP) is 1.44. The van der Waals surface area contributed by atoms with Gasteiger partial charge in [0.1, 0.15) is 10.8 Å². The average Bonchev–Trinajstić information content (AvgIpc) is 2.91. The Morgan fingerprint density at radius 2 is 2.24 bits per heavy atom. The molecule has 9 heteroatoms. The number of benzene rings is 1. The molecular weight excluding hydrogens is 333 g/mol. The summed E-state index contributed by atoms with van der Waals surface area (Å²) in [4.78, 5) is 3.79. The summed E-state index contributed by atoms with van der Waals surface area (Å²) >= 11 is 6.14. The molecule has 2 aromatic rings. The van der Waals surface area contributed by atoms with Crippen molar-refractivity contribution in [2.45, 2.75) is 11.3 Å². The molecule has 0 saturated heterocycles. The number of hydrogen-bond donors (Lipinski definition) is 2. The molecule has 112 valence electrons. The average molecular weight is 345 g/mol. The van der Waals surface area contributed by atoms with E-state index < -0.39 is 15.8 Å². The predicted molar refractivity (Wildman–Crippen MR) is 83.3 cm³/mol. The molecule has 1 aromatic carbocycles. The summed E-state index contributed by atoms with van der Waals surface area (Å²) in [6, 6.07) is 3.33. The fourth-order valence-corrected chi connectivity index (χ4v) is 3.45. The van der Waals surface area contributed by atoms with E-state index in [4.69, 9.17) is 5.73 Å². The van der Waals surface area contributed by atoms with E-state index in [-0.39, 0.29) is 22.0 Å². The number of nitrogens with one attached hydrogen (secondary N) is 1. The Morgan fingerprint density at radius 1 is 1.48 bits per heavy atom. The van der Waals surface area contributed by atoms with Gasteiger partial charge in [-0.2, -0.15) is 0 Å². The summed E-state index contributed by atoms with van der Waals surface area (Å²) in [6.07, 6.45) is 2.14. The number of nitrogens with zero attached hydrogens (tertiary/aromatic N) is 1. The van der Waals surface area contributed by atoms with E-state index in [9.17, 15) is 12.8 Å². The normalized spacial score (nSPS) is 11.5. The van der Waals surface area contributed by atoms with Gasteiger partial charge in [0.15, 0.2) is 0 Å². The molecule has 0 spiro atoms. The molecule has 0 fully saturated rings. The zero-order valence-electron chi connectivity index (χ0n) is 10.7. The fraction of sp³-hybridized carbons (Fsp3) is 0.167. The molecule has 1 heterocycles. The zero-order chi connectivity index (χ0) is 15.5. The second-order valence-electron chi connectivity index (χ2n) is 4.08. The molecule has 5 nitrogen and oxygen atoms in total. The van der Waals surface area contributed by atoms with Crippen LogP contribution in [0.3, 0.4) is 0 Å². The van der Waals surface area contributed by atoms with Crippen LogP contribution < -0.4 is 10.5 Å². The maximum Gasteiger partial charge on any atom is 0.240 e. The van der Waals surface area contributed by atoms with Crippen molar-refractivity contribution in [1.82, 2.24) is 9.71 Å². The Bertz CT molecular complexity index is 745. The first kappa shape index (κ1) is 16.0. The zero-order valence-corrected chi connectivity index (χ0v) is 13.2. The van der Waals surface area contributed by atoms with Crippen molar-refractivity contribution in [3.05, 3.63) is 46.2 Å². The van der Waals surface area contributed by atoms with E-state index >= 15 is 0 Å². The van der Waals surface area contributed by atoms with Gasteiger partial charge in [-0.15, -0.1) is 11.3 Å². The summed E-state index contributed by atoms with van der Waals surface area (Å²) in [5, 5.41) is 2.65. The van der Waals surface area contributed by atoms with E-state index in [0.29, 0.717) is 6.42 Å². The largest absolute Gasteiger partial charge is 0.389 e. The molecule has 21 heavy (non-hydrogen) atoms. The molecule has 0 saturated carbocycles. The van der Waals surface area contributed by atoms with Crippen LogP contribution in [0, 0.1) is 5.82 Å². The molecule has 0 bridgehead atoms. The Labute approximate surface area is 131 Å². The van der Waals surface area contributed by atoms with Crippen molar-refractivity contribution < 1.29 is 12.8 Å². The van der Waals surface area contributed by atoms with E-state index in [1.807, 2.05) is 5.38 Å². The number of thiazole rings is 1. The first-order valence-corrected chi connectivity index (χ1v) is 8.64. The van der Waals surface area contributed by atoms with E-state index in [1.54, 1.807) is 6.20 Å². The van der Waals surface area contributed by atoms with Crippen molar-refractivity contribution in [2.75, 3.05) is 6.54 Å². The van der Waals surface area contributed by atoms with Gasteiger partial charge in [-0.3, -0.25) is 0 Å². The molecule has 2 rings (SSSR count). The summed E-state index contributed by atoms with van der Waals surface area (Å²) < 4.78 is 40.1. The quantitative estimate of drug-likeness (QED) is 0.774. The lowest BCUT2D eigenvalue weighted by atomic mass is 10.2. The third kappa shape index (κ3) is 4.03. The monoisotopic (exact) mass is 345 g/mol. The second-order valence-corrected chi connectivity index (χ2v) is 7.27. The summed E-state index contributed by atoms with van der Waals surface area (Å²) in [5.41, 5.74) is 5.27. The highest BCUT2D eigenvalue weighted by Gasteiger charge is 2.17. The van der Waals surface area contributed by atoms with E-state index in [2.05, 4.69) is 21.9 Å². The van der Waals surface area contributed by atoms with Gasteiger partial charge < -0.3 is 5.73 Å². The number of rotatable bonds is 6. The van der Waals surface area contributed by atoms with Crippen LogP contribution in [0.1, 0.15) is 10.6 Å². The summed E-state index contributed by atoms with van der Waals surface area (Å²) in [6.45, 7) is 0.204. The van der Waals surface area contributed by atoms with Crippen LogP contribution in [0.25, 0.3) is 0 Å². The van der Waals surface area contributed by atoms with Gasteiger partial charge >= 0.3 is 0 Å². The number of nitrogens with two attached hydrogens (primary N) is 1. The van der Waals surface area contributed by atoms with Crippen molar-refractivity contribution in [2.24, 2.45) is 5.73 Å². The molecular formula is C12H12FN3O2S3. The third-order valence-electron chi connectivity index (χ3n) is 2.63. The first-order chi connectivity index (χ1) is 9.90. The Kier molecular flexibility index (Phi) is 4.99. The minimum Gasteiger partial charge on any atom is -0.389 e. The van der Waals surface area contributed by atoms with Gasteiger partial charge in [-0.1, -0.05) is 12.2 Å². The number of halogens is 1. The topological polar surface area (TPSA) is 85.1 Å². The van der Waals surface area contributed by atoms with Crippen LogP contribution in [-0.2, 0) is 16.4 Å². The third-order valence-corrected chi connectivity index (χ3v) is 5.15. The van der Waals surface area contributed by atoms with E-state index in [1.165, 1.54) is 17.4 Å². The molecule has 0 amide bonds. The van der Waals surface area contributed by atoms with Crippen molar-refractivity contribution in [3.8, 4) is 0 Å². The molecule has 0 atom stereocenters. The molecule has 0 aliphatic rings. The lowest BCUT2D eigenvalue weighted by Crippen LogP contribution is -2.26. The number of sulfonamides is 1. The highest BCUT2D eigenvalue weighted by atomic mass is 32.2. The van der Waals surface area contributed by atoms with Gasteiger partial charge in [-0.25, -0.2) is 22.5 Å². The van der Waals surface area contributed by atoms with Gasteiger partial charge in [0.2, 0.25) is 10.0 Å². The molecule has 3 N–H and O–H groups in total. The van der Waals surface area contributed by atoms with Crippen molar-refractivity contribution >= 4 is 38.6 Å². The van der Waals surface area contributed by atoms with Crippen LogP contribution in [0.5, 0.6) is 0 Å². The van der Waals surface area contributed by atoms with Gasteiger partial charge in [0, 0.05) is 30.1 Å². The van der Waals surface area contributed by atoms with Crippen LogP contribution in [-0.4, -0.2) is 24.9 Å². The van der Waals surface area contributed by atoms with Gasteiger partial charge in [0.05, 0.1) is 9.90 Å². The smallest absolute Gasteiger partial charge is 0.240 e. The minimum atomic E-state index is -3.74. The van der Waals surface area contributed by atoms with Crippen molar-refractivity contribution in [3.63, 3.8) is 0 Å². The van der Waals surface area contributed by atoms with Gasteiger partial charge in [0.25, 0.3) is 0 Å². The molecule has 0 radical (unpaired) electrons. The SMILES string of the molecule is NC(=S)c1cc(S(=O)(=O)NCCc2nccs2)ccc1F. The highest BCUT2D eigenvalue weighted by Crippen LogP contribution is 2.15. The maximum absolute atomic E-state index is 13.5. The van der Waals surface area contributed by atoms with Gasteiger partial charge in [-0.05, 0) is 18.2 Å². The summed E-state index contributed by atoms with van der Waals surface area (Å²) in [7, 11) is -3.74. The number of hydrogen-bond acceptors (Lipinski definition) is 5. The lowest BCUT2D eigenvalue weighted by Gasteiger charge is -2.08. The lowest BCUT2D eigenvalue weighted by molar-refractivity contribution is 0.580. The molecule has 0 aliphatic carbocycles. The van der Waals surface area contributed by atoms with Crippen LogP contribution in [0.15, 0.2) is 34.7 Å². The number of thiocarbonyl (C=S) groups is 1. The summed E-state index contributed by atoms with van der Waals surface area (Å²) in [5.74, 6) is -0.649. The second kappa shape index (κ2) is 6.56. The maximum atomic E-state index is 13.5. The molecule has 1 aromatic heterocycles. The highest BCUT2D eigenvalue weighted by molar-refractivity contribution is 7.89. The first-order valence-electron chi connectivity index (χ1n) is 5.87. The number of aromatic nitrogens is 1. The Hall–Kier alpha value is -1.42.